The molecule has 0 rings (SSSR count). The van der Waals surface area contributed by atoms with E-state index >= 15 is 0 Å². The van der Waals surface area contributed by atoms with Crippen molar-refractivity contribution in [1.29, 1.82) is 0 Å². The second-order valence-corrected chi connectivity index (χ2v) is 18.8. The van der Waals surface area contributed by atoms with Gasteiger partial charge in [0.05, 0.1) is 0 Å². The van der Waals surface area contributed by atoms with Crippen molar-refractivity contribution in [2.24, 2.45) is 0 Å². The standard InChI is InChI=1S/C18H40O2Si.C16H36O2Si/c1-5-9-11-13-15-17-21(19-7-3,20-8-4)18-16-14-12-10-6-2;1-5-7-9-11-13-15-19(17-3,18-4)16-14-12-10-8-6-2/h5-18H2,1-4H3;5-16H2,1-4H3. The molecule has 0 aliphatic rings. The third-order valence-electron chi connectivity index (χ3n) is 8.20. The van der Waals surface area contributed by atoms with E-state index in [1.54, 1.807) is 0 Å². The Labute approximate surface area is 255 Å². The maximum atomic E-state index is 6.20. The molecule has 0 saturated carbocycles. The number of unbranched alkanes of at least 4 members (excludes halogenated alkanes) is 16. The van der Waals surface area contributed by atoms with Gasteiger partial charge in [-0.15, -0.1) is 0 Å². The van der Waals surface area contributed by atoms with Crippen LogP contribution in [0.15, 0.2) is 0 Å². The molecule has 0 aromatic heterocycles. The van der Waals surface area contributed by atoms with Gasteiger partial charge in [-0.2, -0.15) is 0 Å². The minimum Gasteiger partial charge on any atom is -0.398 e. The molecule has 0 atom stereocenters. The molecule has 0 saturated heterocycles. The van der Waals surface area contributed by atoms with Crippen molar-refractivity contribution in [3.05, 3.63) is 0 Å². The van der Waals surface area contributed by atoms with E-state index in [0.717, 1.165) is 13.2 Å². The summed E-state index contributed by atoms with van der Waals surface area (Å²) in [5.74, 6) is 0. The molecule has 0 bridgehead atoms. The van der Waals surface area contributed by atoms with Crippen LogP contribution in [0, 0.1) is 0 Å². The summed E-state index contributed by atoms with van der Waals surface area (Å²) < 4.78 is 24.0. The summed E-state index contributed by atoms with van der Waals surface area (Å²) in [4.78, 5) is 0. The summed E-state index contributed by atoms with van der Waals surface area (Å²) in [6, 6.07) is 4.76. The summed E-state index contributed by atoms with van der Waals surface area (Å²) in [6.45, 7) is 14.9. The van der Waals surface area contributed by atoms with E-state index in [2.05, 4.69) is 41.5 Å². The summed E-state index contributed by atoms with van der Waals surface area (Å²) >= 11 is 0. The molecule has 0 fully saturated rings. The highest BCUT2D eigenvalue weighted by Gasteiger charge is 2.36. The maximum Gasteiger partial charge on any atom is 0.338 e. The fourth-order valence-electron chi connectivity index (χ4n) is 5.59. The fourth-order valence-corrected chi connectivity index (χ4v) is 11.9. The smallest absolute Gasteiger partial charge is 0.338 e. The van der Waals surface area contributed by atoms with Gasteiger partial charge in [0.15, 0.2) is 0 Å². The van der Waals surface area contributed by atoms with Gasteiger partial charge in [-0.05, 0) is 38.0 Å². The van der Waals surface area contributed by atoms with E-state index < -0.39 is 17.1 Å². The Morgan fingerprint density at radius 2 is 0.575 bits per heavy atom. The third-order valence-corrected chi connectivity index (χ3v) is 15.8. The Kier molecular flexibility index (Phi) is 34.1. The largest absolute Gasteiger partial charge is 0.398 e. The molecule has 0 amide bonds. The molecule has 0 aromatic rings. The first-order chi connectivity index (χ1) is 19.5. The molecule has 244 valence electrons. The number of hydrogen-bond acceptors (Lipinski definition) is 4. The first kappa shape index (κ1) is 42.4. The predicted octanol–water partition coefficient (Wildman–Crippen LogP) is 12.1. The Morgan fingerprint density at radius 3 is 0.800 bits per heavy atom. The van der Waals surface area contributed by atoms with Crippen molar-refractivity contribution in [1.82, 2.24) is 0 Å². The summed E-state index contributed by atoms with van der Waals surface area (Å²) in [7, 11) is -0.0698. The molecule has 0 unspecified atom stereocenters. The molecule has 40 heavy (non-hydrogen) atoms. The van der Waals surface area contributed by atoms with Crippen LogP contribution in [0.25, 0.3) is 0 Å². The molecule has 4 nitrogen and oxygen atoms in total. The van der Waals surface area contributed by atoms with Crippen molar-refractivity contribution in [2.45, 2.75) is 194 Å². The Morgan fingerprint density at radius 1 is 0.325 bits per heavy atom. The second kappa shape index (κ2) is 32.2. The van der Waals surface area contributed by atoms with E-state index in [9.17, 15) is 0 Å². The van der Waals surface area contributed by atoms with E-state index in [-0.39, 0.29) is 0 Å². The van der Waals surface area contributed by atoms with Gasteiger partial charge < -0.3 is 17.7 Å². The molecule has 0 N–H and O–H groups in total. The van der Waals surface area contributed by atoms with Gasteiger partial charge >= 0.3 is 17.1 Å². The molecule has 0 aromatic carbocycles. The summed E-state index contributed by atoms with van der Waals surface area (Å²) in [5.41, 5.74) is 0. The zero-order chi connectivity index (χ0) is 30.2. The number of hydrogen-bond donors (Lipinski definition) is 0. The SMILES string of the molecule is CCCCCCC[Si](CCCCCCC)(OC)OC.CCCCCCC[Si](CCCCCCC)(OCC)OCC. The van der Waals surface area contributed by atoms with E-state index in [1.165, 1.54) is 153 Å². The van der Waals surface area contributed by atoms with Gasteiger partial charge in [-0.3, -0.25) is 0 Å². The maximum absolute atomic E-state index is 6.20. The highest BCUT2D eigenvalue weighted by Crippen LogP contribution is 2.27. The lowest BCUT2D eigenvalue weighted by Crippen LogP contribution is -2.42. The van der Waals surface area contributed by atoms with Crippen molar-refractivity contribution in [2.75, 3.05) is 27.4 Å². The van der Waals surface area contributed by atoms with Crippen LogP contribution in [0.3, 0.4) is 0 Å². The summed E-state index contributed by atoms with van der Waals surface area (Å²) in [6.07, 6.45) is 26.7. The van der Waals surface area contributed by atoms with Crippen LogP contribution in [-0.2, 0) is 17.7 Å². The first-order valence-corrected chi connectivity index (χ1v) is 22.3. The first-order valence-electron chi connectivity index (χ1n) is 17.9. The van der Waals surface area contributed by atoms with Gasteiger partial charge in [-0.1, -0.05) is 156 Å². The van der Waals surface area contributed by atoms with Crippen molar-refractivity contribution in [3.8, 4) is 0 Å². The van der Waals surface area contributed by atoms with E-state index in [1.807, 2.05) is 14.2 Å². The zero-order valence-corrected chi connectivity index (χ0v) is 31.0. The molecule has 0 heterocycles. The molecule has 0 aliphatic heterocycles. The van der Waals surface area contributed by atoms with Crippen LogP contribution in [0.1, 0.15) is 170 Å². The Balaban J connectivity index is 0. The van der Waals surface area contributed by atoms with Crippen molar-refractivity contribution in [3.63, 3.8) is 0 Å². The van der Waals surface area contributed by atoms with E-state index in [0.29, 0.717) is 0 Å². The zero-order valence-electron chi connectivity index (χ0n) is 29.0. The van der Waals surface area contributed by atoms with Crippen LogP contribution in [0.5, 0.6) is 0 Å². The summed E-state index contributed by atoms with van der Waals surface area (Å²) in [5, 5.41) is 0. The molecular weight excluding hydrogens is 529 g/mol. The predicted molar refractivity (Wildman–Crippen MR) is 183 cm³/mol. The highest BCUT2D eigenvalue weighted by atomic mass is 28.4. The monoisotopic (exact) mass is 605 g/mol. The molecule has 6 heteroatoms. The Hall–Kier alpha value is 0.274. The quantitative estimate of drug-likeness (QED) is 0.0603. The van der Waals surface area contributed by atoms with Gasteiger partial charge in [0.25, 0.3) is 0 Å². The Bertz CT molecular complexity index is 437. The van der Waals surface area contributed by atoms with Gasteiger partial charge in [0.1, 0.15) is 0 Å². The lowest BCUT2D eigenvalue weighted by molar-refractivity contribution is 0.180. The van der Waals surface area contributed by atoms with Crippen LogP contribution >= 0.6 is 0 Å². The average molecular weight is 605 g/mol. The average Bonchev–Trinajstić information content (AvgIpc) is 2.96. The van der Waals surface area contributed by atoms with Gasteiger partial charge in [0, 0.05) is 27.4 Å². The molecule has 0 radical (unpaired) electrons. The van der Waals surface area contributed by atoms with Crippen LogP contribution < -0.4 is 0 Å². The normalized spacial score (nSPS) is 12.0. The minimum atomic E-state index is -1.92. The van der Waals surface area contributed by atoms with Gasteiger partial charge in [-0.25, -0.2) is 0 Å². The van der Waals surface area contributed by atoms with E-state index in [4.69, 9.17) is 17.7 Å². The third kappa shape index (κ3) is 24.8. The molecular formula is C34H76O4Si2. The van der Waals surface area contributed by atoms with Crippen molar-refractivity contribution < 1.29 is 17.7 Å². The van der Waals surface area contributed by atoms with Crippen LogP contribution in [-0.4, -0.2) is 44.6 Å². The molecule has 0 spiro atoms. The van der Waals surface area contributed by atoms with Crippen molar-refractivity contribution >= 4 is 17.1 Å². The lowest BCUT2D eigenvalue weighted by atomic mass is 10.2. The van der Waals surface area contributed by atoms with Gasteiger partial charge in [0.2, 0.25) is 0 Å². The second-order valence-electron chi connectivity index (χ2n) is 11.8. The molecule has 0 aliphatic carbocycles. The van der Waals surface area contributed by atoms with Crippen LogP contribution in [0.4, 0.5) is 0 Å². The number of rotatable bonds is 30. The fraction of sp³-hybridized carbons (Fsp3) is 1.00. The van der Waals surface area contributed by atoms with Crippen LogP contribution in [0.2, 0.25) is 24.2 Å². The minimum absolute atomic E-state index is 0.816. The lowest BCUT2D eigenvalue weighted by Gasteiger charge is -2.30. The topological polar surface area (TPSA) is 36.9 Å². The highest BCUT2D eigenvalue weighted by molar-refractivity contribution is 6.67.